The number of nitrogens with two attached hydrogens (primary N) is 1. The summed E-state index contributed by atoms with van der Waals surface area (Å²) in [4.78, 5) is 14.3. The van der Waals surface area contributed by atoms with E-state index in [4.69, 9.17) is 22.2 Å². The predicted octanol–water partition coefficient (Wildman–Crippen LogP) is 1.88. The van der Waals surface area contributed by atoms with Crippen LogP contribution in [0.4, 0.5) is 5.69 Å². The molecule has 1 aromatic carbocycles. The Kier molecular flexibility index (Phi) is 4.29. The van der Waals surface area contributed by atoms with E-state index < -0.39 is 0 Å². The largest absolute Gasteiger partial charge is 0.372 e. The van der Waals surface area contributed by atoms with Crippen LogP contribution in [-0.4, -0.2) is 36.1 Å². The number of morpholine rings is 1. The second-order valence-electron chi connectivity index (χ2n) is 4.80. The lowest BCUT2D eigenvalue weighted by atomic mass is 10.1. The van der Waals surface area contributed by atoms with Crippen molar-refractivity contribution < 1.29 is 9.53 Å². The number of hydrazine groups is 1. The van der Waals surface area contributed by atoms with Crippen molar-refractivity contribution in [3.05, 3.63) is 28.8 Å². The molecule has 0 aliphatic carbocycles. The fourth-order valence-electron chi connectivity index (χ4n) is 2.33. The van der Waals surface area contributed by atoms with Crippen molar-refractivity contribution in [1.29, 1.82) is 0 Å². The molecule has 1 aliphatic heterocycles. The zero-order chi connectivity index (χ0) is 14.0. The molecule has 1 aromatic rings. The summed E-state index contributed by atoms with van der Waals surface area (Å²) in [7, 11) is 0. The molecule has 6 heteroatoms. The number of carbonyl (C=O) groups is 1. The molecular weight excluding hydrogens is 266 g/mol. The second kappa shape index (κ2) is 5.77. The summed E-state index contributed by atoms with van der Waals surface area (Å²) >= 11 is 5.95. The van der Waals surface area contributed by atoms with E-state index in [1.807, 2.05) is 13.8 Å². The lowest BCUT2D eigenvalue weighted by Crippen LogP contribution is -2.48. The lowest BCUT2D eigenvalue weighted by molar-refractivity contribution is -0.0585. The number of amides is 1. The van der Waals surface area contributed by atoms with Crippen molar-refractivity contribution in [2.45, 2.75) is 26.1 Å². The predicted molar refractivity (Wildman–Crippen MR) is 75.2 cm³/mol. The molecule has 0 saturated carbocycles. The molecule has 2 atom stereocenters. The third kappa shape index (κ3) is 3.18. The highest BCUT2D eigenvalue weighted by Gasteiger charge is 2.27. The minimum absolute atomic E-state index is 0.0289. The van der Waals surface area contributed by atoms with Crippen molar-refractivity contribution in [3.8, 4) is 0 Å². The quantitative estimate of drug-likeness (QED) is 0.642. The van der Waals surface area contributed by atoms with Gasteiger partial charge >= 0.3 is 0 Å². The van der Waals surface area contributed by atoms with Crippen LogP contribution >= 0.6 is 11.6 Å². The van der Waals surface area contributed by atoms with Crippen LogP contribution in [0.5, 0.6) is 0 Å². The van der Waals surface area contributed by atoms with Gasteiger partial charge in [0, 0.05) is 18.1 Å². The Labute approximate surface area is 117 Å². The maximum Gasteiger partial charge on any atom is 0.256 e. The Bertz CT molecular complexity index is 471. The standard InChI is InChI=1S/C13H18ClN3O2/c1-8-6-17(7-9(2)19-8)13(18)11-5-10(14)3-4-12(11)16-15/h3-5,8-9,16H,6-7,15H2,1-2H3/t8-,9+. The minimum Gasteiger partial charge on any atom is -0.372 e. The zero-order valence-electron chi connectivity index (χ0n) is 11.0. The molecule has 1 heterocycles. The number of hydrogen-bond acceptors (Lipinski definition) is 4. The van der Waals surface area contributed by atoms with Crippen LogP contribution in [-0.2, 0) is 4.74 Å². The van der Waals surface area contributed by atoms with Gasteiger partial charge in [0.1, 0.15) is 0 Å². The summed E-state index contributed by atoms with van der Waals surface area (Å²) < 4.78 is 5.62. The van der Waals surface area contributed by atoms with Gasteiger partial charge in [-0.1, -0.05) is 11.6 Å². The Balaban J connectivity index is 2.26. The smallest absolute Gasteiger partial charge is 0.256 e. The lowest BCUT2D eigenvalue weighted by Gasteiger charge is -2.35. The summed E-state index contributed by atoms with van der Waals surface area (Å²) in [6, 6.07) is 5.02. The van der Waals surface area contributed by atoms with E-state index in [1.165, 1.54) is 0 Å². The zero-order valence-corrected chi connectivity index (χ0v) is 11.8. The van der Waals surface area contributed by atoms with Crippen LogP contribution in [0, 0.1) is 0 Å². The molecule has 0 bridgehead atoms. The van der Waals surface area contributed by atoms with Crippen molar-refractivity contribution >= 4 is 23.2 Å². The van der Waals surface area contributed by atoms with Crippen LogP contribution in [0.1, 0.15) is 24.2 Å². The summed E-state index contributed by atoms with van der Waals surface area (Å²) in [6.45, 7) is 5.05. The molecule has 1 amide bonds. The molecule has 0 aromatic heterocycles. The van der Waals surface area contributed by atoms with Crippen LogP contribution in [0.25, 0.3) is 0 Å². The fourth-order valence-corrected chi connectivity index (χ4v) is 2.51. The number of rotatable bonds is 2. The molecular formula is C13H18ClN3O2. The molecule has 104 valence electrons. The number of anilines is 1. The van der Waals surface area contributed by atoms with Gasteiger partial charge in [0.05, 0.1) is 23.5 Å². The highest BCUT2D eigenvalue weighted by Crippen LogP contribution is 2.23. The van der Waals surface area contributed by atoms with Crippen LogP contribution < -0.4 is 11.3 Å². The Morgan fingerprint density at radius 3 is 2.63 bits per heavy atom. The van der Waals surface area contributed by atoms with E-state index in [2.05, 4.69) is 5.43 Å². The van der Waals surface area contributed by atoms with Gasteiger partial charge in [0.25, 0.3) is 5.91 Å². The van der Waals surface area contributed by atoms with E-state index in [0.717, 1.165) is 0 Å². The highest BCUT2D eigenvalue weighted by molar-refractivity contribution is 6.31. The fraction of sp³-hybridized carbons (Fsp3) is 0.462. The van der Waals surface area contributed by atoms with Crippen molar-refractivity contribution in [3.63, 3.8) is 0 Å². The topological polar surface area (TPSA) is 67.6 Å². The van der Waals surface area contributed by atoms with E-state index in [1.54, 1.807) is 23.1 Å². The molecule has 0 radical (unpaired) electrons. The molecule has 1 saturated heterocycles. The number of nitrogen functional groups attached to an aromatic ring is 1. The summed E-state index contributed by atoms with van der Waals surface area (Å²) in [5.41, 5.74) is 3.58. The molecule has 0 spiro atoms. The average Bonchev–Trinajstić information content (AvgIpc) is 2.36. The number of hydrogen-bond donors (Lipinski definition) is 2. The van der Waals surface area contributed by atoms with Crippen LogP contribution in [0.15, 0.2) is 18.2 Å². The first-order valence-corrected chi connectivity index (χ1v) is 6.60. The van der Waals surface area contributed by atoms with Gasteiger partial charge in [-0.2, -0.15) is 0 Å². The first-order chi connectivity index (χ1) is 9.01. The van der Waals surface area contributed by atoms with Crippen molar-refractivity contribution in [1.82, 2.24) is 4.90 Å². The maximum atomic E-state index is 12.5. The summed E-state index contributed by atoms with van der Waals surface area (Å²) in [6.07, 6.45) is 0.0577. The Morgan fingerprint density at radius 1 is 1.42 bits per heavy atom. The average molecular weight is 284 g/mol. The second-order valence-corrected chi connectivity index (χ2v) is 5.24. The van der Waals surface area contributed by atoms with E-state index in [-0.39, 0.29) is 18.1 Å². The number of ether oxygens (including phenoxy) is 1. The SMILES string of the molecule is C[C@@H]1CN(C(=O)c2cc(Cl)ccc2NN)C[C@H](C)O1. The molecule has 1 aliphatic rings. The number of nitrogens with one attached hydrogen (secondary N) is 1. The van der Waals surface area contributed by atoms with Crippen molar-refractivity contribution in [2.24, 2.45) is 5.84 Å². The number of carbonyl (C=O) groups excluding carboxylic acids is 1. The molecule has 0 unspecified atom stereocenters. The van der Waals surface area contributed by atoms with Gasteiger partial charge in [-0.25, -0.2) is 0 Å². The summed E-state index contributed by atoms with van der Waals surface area (Å²) in [5.74, 6) is 5.35. The molecule has 2 rings (SSSR count). The van der Waals surface area contributed by atoms with Gasteiger partial charge in [0.2, 0.25) is 0 Å². The van der Waals surface area contributed by atoms with Gasteiger partial charge in [-0.3, -0.25) is 10.6 Å². The number of halogens is 1. The number of nitrogens with zero attached hydrogens (tertiary/aromatic N) is 1. The molecule has 3 N–H and O–H groups in total. The number of benzene rings is 1. The van der Waals surface area contributed by atoms with Gasteiger partial charge in [-0.15, -0.1) is 0 Å². The molecule has 5 nitrogen and oxygen atoms in total. The monoisotopic (exact) mass is 283 g/mol. The van der Waals surface area contributed by atoms with E-state index in [9.17, 15) is 4.79 Å². The van der Waals surface area contributed by atoms with Gasteiger partial charge in [-0.05, 0) is 32.0 Å². The van der Waals surface area contributed by atoms with E-state index in [0.29, 0.717) is 29.4 Å². The Hall–Kier alpha value is -1.30. The highest BCUT2D eigenvalue weighted by atomic mass is 35.5. The first kappa shape index (κ1) is 14.1. The third-order valence-corrected chi connectivity index (χ3v) is 3.31. The van der Waals surface area contributed by atoms with Crippen LogP contribution in [0.2, 0.25) is 5.02 Å². The first-order valence-electron chi connectivity index (χ1n) is 6.22. The third-order valence-electron chi connectivity index (χ3n) is 3.07. The summed E-state index contributed by atoms with van der Waals surface area (Å²) in [5, 5.41) is 0.511. The Morgan fingerprint density at radius 2 is 2.05 bits per heavy atom. The molecule has 1 fully saturated rings. The normalized spacial score (nSPS) is 23.3. The van der Waals surface area contributed by atoms with Crippen LogP contribution in [0.3, 0.4) is 0 Å². The minimum atomic E-state index is -0.0857. The maximum absolute atomic E-state index is 12.5. The molecule has 19 heavy (non-hydrogen) atoms. The van der Waals surface area contributed by atoms with E-state index >= 15 is 0 Å². The van der Waals surface area contributed by atoms with Crippen molar-refractivity contribution in [2.75, 3.05) is 18.5 Å². The van der Waals surface area contributed by atoms with Gasteiger partial charge < -0.3 is 15.1 Å². The van der Waals surface area contributed by atoms with Gasteiger partial charge in [0.15, 0.2) is 0 Å².